The summed E-state index contributed by atoms with van der Waals surface area (Å²) in [5.41, 5.74) is 0.140. The molecule has 0 aliphatic heterocycles. The second kappa shape index (κ2) is 11.1. The molecule has 1 aromatic carbocycles. The summed E-state index contributed by atoms with van der Waals surface area (Å²) in [7, 11) is 0. The van der Waals surface area contributed by atoms with E-state index in [-0.39, 0.29) is 36.2 Å². The van der Waals surface area contributed by atoms with Gasteiger partial charge in [-0.05, 0) is 31.9 Å². The van der Waals surface area contributed by atoms with Gasteiger partial charge in [0.05, 0.1) is 11.3 Å². The van der Waals surface area contributed by atoms with Crippen molar-refractivity contribution in [2.75, 3.05) is 6.54 Å². The van der Waals surface area contributed by atoms with Gasteiger partial charge in [0.25, 0.3) is 17.5 Å². The molecular formula is C20H27N3O6. The third-order valence-corrected chi connectivity index (χ3v) is 4.83. The van der Waals surface area contributed by atoms with Crippen molar-refractivity contribution >= 4 is 23.5 Å². The lowest BCUT2D eigenvalue weighted by atomic mass is 10.1. The lowest BCUT2D eigenvalue weighted by Gasteiger charge is -2.19. The number of ether oxygens (including phenoxy) is 1. The predicted octanol–water partition coefficient (Wildman–Crippen LogP) is 2.49. The first-order valence-electron chi connectivity index (χ1n) is 9.89. The van der Waals surface area contributed by atoms with E-state index in [2.05, 4.69) is 10.6 Å². The molecule has 2 amide bonds. The maximum atomic E-state index is 12.2. The van der Waals surface area contributed by atoms with Crippen molar-refractivity contribution in [2.45, 2.75) is 64.0 Å². The number of rotatable bonds is 8. The van der Waals surface area contributed by atoms with E-state index in [1.54, 1.807) is 0 Å². The number of hydrogen-bond acceptors (Lipinski definition) is 6. The molecule has 1 aliphatic rings. The van der Waals surface area contributed by atoms with Gasteiger partial charge in [0, 0.05) is 30.3 Å². The van der Waals surface area contributed by atoms with E-state index < -0.39 is 22.9 Å². The molecule has 0 heterocycles. The molecule has 158 valence electrons. The van der Waals surface area contributed by atoms with Crippen LogP contribution in [0.5, 0.6) is 0 Å². The van der Waals surface area contributed by atoms with Gasteiger partial charge in [0.1, 0.15) is 0 Å². The van der Waals surface area contributed by atoms with Crippen LogP contribution in [0.15, 0.2) is 24.3 Å². The maximum Gasteiger partial charge on any atom is 0.308 e. The minimum Gasteiger partial charge on any atom is -0.452 e. The van der Waals surface area contributed by atoms with E-state index in [9.17, 15) is 24.5 Å². The molecule has 1 saturated carbocycles. The van der Waals surface area contributed by atoms with Crippen LogP contribution in [-0.2, 0) is 14.3 Å². The fourth-order valence-corrected chi connectivity index (χ4v) is 3.17. The Morgan fingerprint density at radius 1 is 1.14 bits per heavy atom. The van der Waals surface area contributed by atoms with Gasteiger partial charge in [-0.25, -0.2) is 0 Å². The maximum absolute atomic E-state index is 12.2. The molecule has 0 spiro atoms. The second-order valence-electron chi connectivity index (χ2n) is 7.14. The summed E-state index contributed by atoms with van der Waals surface area (Å²) in [4.78, 5) is 46.2. The number of nitrogens with one attached hydrogen (secondary N) is 2. The third-order valence-electron chi connectivity index (χ3n) is 4.83. The van der Waals surface area contributed by atoms with Crippen LogP contribution in [0, 0.1) is 10.1 Å². The summed E-state index contributed by atoms with van der Waals surface area (Å²) in [6.07, 6.45) is 5.46. The van der Waals surface area contributed by atoms with Crippen LogP contribution in [0.25, 0.3) is 0 Å². The van der Waals surface area contributed by atoms with E-state index in [0.717, 1.165) is 25.7 Å². The first-order chi connectivity index (χ1) is 13.9. The monoisotopic (exact) mass is 405 g/mol. The van der Waals surface area contributed by atoms with Crippen LogP contribution >= 0.6 is 0 Å². The molecule has 2 N–H and O–H groups in total. The Bertz CT molecular complexity index is 726. The standard InChI is InChI=1S/C20H27N3O6/c1-14(19(25)22-16-6-4-2-3-5-7-16)29-18(24)12-13-21-20(26)15-8-10-17(11-9-15)23(27)28/h8-11,14,16H,2-7,12-13H2,1H3,(H,21,26)(H,22,25)/t14-/m1/s1. The molecule has 0 radical (unpaired) electrons. The molecular weight excluding hydrogens is 378 g/mol. The molecule has 2 rings (SSSR count). The minimum atomic E-state index is -0.892. The van der Waals surface area contributed by atoms with Crippen LogP contribution in [0.4, 0.5) is 5.69 Å². The highest BCUT2D eigenvalue weighted by Gasteiger charge is 2.21. The lowest BCUT2D eigenvalue weighted by molar-refractivity contribution is -0.384. The molecule has 1 aromatic rings. The van der Waals surface area contributed by atoms with E-state index in [1.807, 2.05) is 0 Å². The first-order valence-corrected chi connectivity index (χ1v) is 9.89. The first kappa shape index (κ1) is 22.3. The van der Waals surface area contributed by atoms with Crippen LogP contribution in [0.2, 0.25) is 0 Å². The van der Waals surface area contributed by atoms with E-state index in [0.29, 0.717) is 0 Å². The summed E-state index contributed by atoms with van der Waals surface area (Å²) in [5.74, 6) is -1.34. The average molecular weight is 405 g/mol. The van der Waals surface area contributed by atoms with Gasteiger partial charge in [-0.15, -0.1) is 0 Å². The molecule has 0 saturated heterocycles. The van der Waals surface area contributed by atoms with E-state index >= 15 is 0 Å². The Morgan fingerprint density at radius 2 is 1.76 bits per heavy atom. The molecule has 1 atom stereocenters. The SMILES string of the molecule is C[C@@H](OC(=O)CCNC(=O)c1ccc([N+](=O)[O-])cc1)C(=O)NC1CCCCCC1. The molecule has 29 heavy (non-hydrogen) atoms. The molecule has 1 fully saturated rings. The highest BCUT2D eigenvalue weighted by atomic mass is 16.6. The van der Waals surface area contributed by atoms with Gasteiger partial charge in [-0.2, -0.15) is 0 Å². The number of hydrogen-bond donors (Lipinski definition) is 2. The van der Waals surface area contributed by atoms with Crippen molar-refractivity contribution in [2.24, 2.45) is 0 Å². The van der Waals surface area contributed by atoms with Crippen LogP contribution in [0.1, 0.15) is 62.2 Å². The average Bonchev–Trinajstić information content (AvgIpc) is 2.96. The molecule has 0 aromatic heterocycles. The highest BCUT2D eigenvalue weighted by molar-refractivity contribution is 5.94. The van der Waals surface area contributed by atoms with Crippen LogP contribution in [0.3, 0.4) is 0 Å². The van der Waals surface area contributed by atoms with Gasteiger partial charge < -0.3 is 15.4 Å². The highest BCUT2D eigenvalue weighted by Crippen LogP contribution is 2.17. The fraction of sp³-hybridized carbons (Fsp3) is 0.550. The Labute approximate surface area is 169 Å². The van der Waals surface area contributed by atoms with E-state index in [1.165, 1.54) is 44.0 Å². The van der Waals surface area contributed by atoms with Gasteiger partial charge in [0.15, 0.2) is 6.10 Å². The van der Waals surface area contributed by atoms with Crippen LogP contribution in [-0.4, -0.2) is 41.4 Å². The van der Waals surface area contributed by atoms with Gasteiger partial charge in [-0.3, -0.25) is 24.5 Å². The van der Waals surface area contributed by atoms with Crippen molar-refractivity contribution in [3.8, 4) is 0 Å². The number of esters is 1. The number of amides is 2. The van der Waals surface area contributed by atoms with Crippen molar-refractivity contribution in [3.05, 3.63) is 39.9 Å². The zero-order chi connectivity index (χ0) is 21.2. The third kappa shape index (κ3) is 7.52. The Kier molecular flexibility index (Phi) is 8.57. The molecule has 1 aliphatic carbocycles. The van der Waals surface area contributed by atoms with Crippen molar-refractivity contribution in [3.63, 3.8) is 0 Å². The lowest BCUT2D eigenvalue weighted by Crippen LogP contribution is -2.42. The number of nitro groups is 1. The number of benzene rings is 1. The molecule has 9 heteroatoms. The number of carbonyl (C=O) groups is 3. The van der Waals surface area contributed by atoms with Gasteiger partial charge in [-0.1, -0.05) is 25.7 Å². The molecule has 9 nitrogen and oxygen atoms in total. The number of non-ortho nitro benzene ring substituents is 1. The zero-order valence-corrected chi connectivity index (χ0v) is 16.5. The van der Waals surface area contributed by atoms with Gasteiger partial charge in [0.2, 0.25) is 0 Å². The summed E-state index contributed by atoms with van der Waals surface area (Å²) in [5, 5.41) is 16.1. The normalized spacial score (nSPS) is 15.6. The molecule has 0 unspecified atom stereocenters. The number of carbonyl (C=O) groups excluding carboxylic acids is 3. The van der Waals surface area contributed by atoms with Crippen molar-refractivity contribution in [1.82, 2.24) is 10.6 Å². The largest absolute Gasteiger partial charge is 0.452 e. The summed E-state index contributed by atoms with van der Waals surface area (Å²) >= 11 is 0. The zero-order valence-electron chi connectivity index (χ0n) is 16.5. The second-order valence-corrected chi connectivity index (χ2v) is 7.14. The fourth-order valence-electron chi connectivity index (χ4n) is 3.17. The predicted molar refractivity (Wildman–Crippen MR) is 105 cm³/mol. The molecule has 0 bridgehead atoms. The number of nitrogens with zero attached hydrogens (tertiary/aromatic N) is 1. The smallest absolute Gasteiger partial charge is 0.308 e. The van der Waals surface area contributed by atoms with E-state index in [4.69, 9.17) is 4.74 Å². The van der Waals surface area contributed by atoms with Crippen LogP contribution < -0.4 is 10.6 Å². The number of nitro benzene ring substituents is 1. The Hall–Kier alpha value is -2.97. The van der Waals surface area contributed by atoms with Crippen molar-refractivity contribution in [1.29, 1.82) is 0 Å². The minimum absolute atomic E-state index is 0.0334. The summed E-state index contributed by atoms with van der Waals surface area (Å²) < 4.78 is 5.14. The van der Waals surface area contributed by atoms with Crippen molar-refractivity contribution < 1.29 is 24.0 Å². The Balaban J connectivity index is 1.69. The summed E-state index contributed by atoms with van der Waals surface area (Å²) in [6, 6.07) is 5.28. The topological polar surface area (TPSA) is 128 Å². The Morgan fingerprint density at radius 3 is 2.34 bits per heavy atom. The quantitative estimate of drug-likeness (QED) is 0.296. The van der Waals surface area contributed by atoms with Gasteiger partial charge >= 0.3 is 5.97 Å². The summed E-state index contributed by atoms with van der Waals surface area (Å²) in [6.45, 7) is 1.56.